The minimum atomic E-state index is -0.0899. The van der Waals surface area contributed by atoms with E-state index in [1.807, 2.05) is 0 Å². The van der Waals surface area contributed by atoms with Crippen molar-refractivity contribution in [1.29, 1.82) is 0 Å². The van der Waals surface area contributed by atoms with E-state index in [0.717, 1.165) is 0 Å². The van der Waals surface area contributed by atoms with E-state index < -0.39 is 0 Å². The lowest BCUT2D eigenvalue weighted by molar-refractivity contribution is 0.652. The third kappa shape index (κ3) is 4.08. The molecule has 0 atom stereocenters. The Balaban J connectivity index is 1.71. The van der Waals surface area contributed by atoms with Crippen LogP contribution in [0.3, 0.4) is 0 Å². The van der Waals surface area contributed by atoms with Gasteiger partial charge in [-0.1, -0.05) is 52.0 Å². The molecule has 2 nitrogen and oxygen atoms in total. The molecule has 0 saturated heterocycles. The zero-order valence-corrected chi connectivity index (χ0v) is 26.0. The molecule has 0 radical (unpaired) electrons. The van der Waals surface area contributed by atoms with Crippen molar-refractivity contribution in [3.8, 4) is 22.3 Å². The molecule has 0 aromatic heterocycles. The van der Waals surface area contributed by atoms with Crippen molar-refractivity contribution in [3.63, 3.8) is 0 Å². The minimum absolute atomic E-state index is 0.0899. The number of allylic oxidation sites excluding steroid dienone is 4. The van der Waals surface area contributed by atoms with E-state index in [1.165, 1.54) is 67.0 Å². The monoisotopic (exact) mass is 528 g/mol. The highest BCUT2D eigenvalue weighted by atomic mass is 15.1. The summed E-state index contributed by atoms with van der Waals surface area (Å²) >= 11 is 0. The van der Waals surface area contributed by atoms with Gasteiger partial charge < -0.3 is 9.80 Å². The Bertz CT molecular complexity index is 1460. The van der Waals surface area contributed by atoms with Gasteiger partial charge in [-0.2, -0.15) is 0 Å². The highest BCUT2D eigenvalue weighted by molar-refractivity contribution is 5.93. The molecule has 3 aromatic carbocycles. The van der Waals surface area contributed by atoms with Crippen LogP contribution in [0.2, 0.25) is 0 Å². The van der Waals surface area contributed by atoms with E-state index >= 15 is 0 Å². The highest BCUT2D eigenvalue weighted by Gasteiger charge is 2.43. The summed E-state index contributed by atoms with van der Waals surface area (Å²) in [5.41, 5.74) is 16.2. The van der Waals surface area contributed by atoms with E-state index in [0.29, 0.717) is 0 Å². The topological polar surface area (TPSA) is 6.48 Å². The van der Waals surface area contributed by atoms with Gasteiger partial charge in [0, 0.05) is 47.0 Å². The van der Waals surface area contributed by atoms with Crippen molar-refractivity contribution in [1.82, 2.24) is 0 Å². The number of fused-ring (bicyclic) bond motifs is 6. The lowest BCUT2D eigenvalue weighted by atomic mass is 9.79. The molecule has 0 saturated carbocycles. The first-order valence-electron chi connectivity index (χ1n) is 14.6. The van der Waals surface area contributed by atoms with E-state index in [2.05, 4.69) is 165 Å². The predicted octanol–water partition coefficient (Wildman–Crippen LogP) is 10.7. The molecule has 2 aliphatic rings. The standard InChI is InChI=1S/C38H44N2/c1-11-15-39(16-12-2)27-19-25(5)35-29-23-32-30(24-31(29)37(7,8)33(35)21-27)36-26(6)20-28(22-34(36)38(32,9)10)40(17-13-3)18-14-4/h11-24H,1-10H3. The van der Waals surface area contributed by atoms with Crippen LogP contribution in [-0.4, -0.2) is 0 Å². The Hall–Kier alpha value is -3.78. The van der Waals surface area contributed by atoms with Crippen molar-refractivity contribution >= 4 is 11.4 Å². The van der Waals surface area contributed by atoms with Gasteiger partial charge in [0.2, 0.25) is 0 Å². The zero-order valence-electron chi connectivity index (χ0n) is 26.0. The molecule has 0 N–H and O–H groups in total. The van der Waals surface area contributed by atoms with Gasteiger partial charge >= 0.3 is 0 Å². The van der Waals surface area contributed by atoms with Crippen LogP contribution in [-0.2, 0) is 10.8 Å². The van der Waals surface area contributed by atoms with E-state index in [-0.39, 0.29) is 10.8 Å². The summed E-state index contributed by atoms with van der Waals surface area (Å²) in [6.45, 7) is 22.4. The van der Waals surface area contributed by atoms with Crippen LogP contribution in [0.25, 0.3) is 22.3 Å². The van der Waals surface area contributed by atoms with Gasteiger partial charge in [-0.3, -0.25) is 0 Å². The van der Waals surface area contributed by atoms with Crippen molar-refractivity contribution in [2.24, 2.45) is 0 Å². The molecule has 2 heteroatoms. The maximum absolute atomic E-state index is 2.52. The minimum Gasteiger partial charge on any atom is -0.325 e. The Morgan fingerprint density at radius 3 is 1.10 bits per heavy atom. The molecular formula is C38H44N2. The fourth-order valence-electron chi connectivity index (χ4n) is 6.96. The maximum Gasteiger partial charge on any atom is 0.0455 e. The summed E-state index contributed by atoms with van der Waals surface area (Å²) in [5, 5.41) is 0. The molecule has 0 unspecified atom stereocenters. The van der Waals surface area contributed by atoms with Crippen molar-refractivity contribution < 1.29 is 0 Å². The van der Waals surface area contributed by atoms with Gasteiger partial charge in [-0.15, -0.1) is 0 Å². The number of hydrogen-bond acceptors (Lipinski definition) is 2. The molecule has 0 heterocycles. The number of aryl methyl sites for hydroxylation is 2. The van der Waals surface area contributed by atoms with Gasteiger partial charge in [0.25, 0.3) is 0 Å². The second-order valence-electron chi connectivity index (χ2n) is 12.3. The van der Waals surface area contributed by atoms with Gasteiger partial charge in [-0.05, 0) is 134 Å². The Kier molecular flexibility index (Phi) is 6.94. The van der Waals surface area contributed by atoms with Gasteiger partial charge in [0.05, 0.1) is 0 Å². The Morgan fingerprint density at radius 1 is 0.475 bits per heavy atom. The third-order valence-corrected chi connectivity index (χ3v) is 8.87. The molecule has 0 spiro atoms. The molecule has 5 rings (SSSR count). The van der Waals surface area contributed by atoms with E-state index in [4.69, 9.17) is 0 Å². The van der Waals surface area contributed by atoms with Crippen LogP contribution >= 0.6 is 0 Å². The smallest absolute Gasteiger partial charge is 0.0455 e. The van der Waals surface area contributed by atoms with Crippen molar-refractivity contribution in [2.75, 3.05) is 9.80 Å². The molecule has 206 valence electrons. The first-order valence-corrected chi connectivity index (χ1v) is 14.6. The van der Waals surface area contributed by atoms with Gasteiger partial charge in [0.1, 0.15) is 0 Å². The van der Waals surface area contributed by atoms with E-state index in [9.17, 15) is 0 Å². The van der Waals surface area contributed by atoms with Crippen LogP contribution in [0.5, 0.6) is 0 Å². The second kappa shape index (κ2) is 10.0. The molecule has 0 fully saturated rings. The molecule has 0 amide bonds. The average Bonchev–Trinajstić information content (AvgIpc) is 3.27. The molecule has 0 bridgehead atoms. The SMILES string of the molecule is CC=CN(C=CC)c1cc(C)c2c(c1)C(C)(C)c1cc3c(cc1-2)C(C)(C)c1cc(N(C=CC)C=CC)cc(C)c1-3. The lowest BCUT2D eigenvalue weighted by Gasteiger charge is -2.25. The van der Waals surface area contributed by atoms with Gasteiger partial charge in [0.15, 0.2) is 0 Å². The molecular weight excluding hydrogens is 484 g/mol. The maximum atomic E-state index is 2.52. The number of benzene rings is 3. The van der Waals surface area contributed by atoms with Crippen molar-refractivity contribution in [2.45, 2.75) is 80.1 Å². The molecule has 0 aliphatic heterocycles. The molecule has 40 heavy (non-hydrogen) atoms. The predicted molar refractivity (Wildman–Crippen MR) is 175 cm³/mol. The summed E-state index contributed by atoms with van der Waals surface area (Å²) in [6.07, 6.45) is 16.9. The fourth-order valence-corrected chi connectivity index (χ4v) is 6.96. The first kappa shape index (κ1) is 27.8. The summed E-state index contributed by atoms with van der Waals surface area (Å²) in [6, 6.07) is 14.5. The summed E-state index contributed by atoms with van der Waals surface area (Å²) in [7, 11) is 0. The number of hydrogen-bond donors (Lipinski definition) is 0. The van der Waals surface area contributed by atoms with Crippen LogP contribution in [0, 0.1) is 13.8 Å². The van der Waals surface area contributed by atoms with Gasteiger partial charge in [-0.25, -0.2) is 0 Å². The number of nitrogens with zero attached hydrogens (tertiary/aromatic N) is 2. The van der Waals surface area contributed by atoms with Crippen LogP contribution < -0.4 is 9.80 Å². The highest BCUT2D eigenvalue weighted by Crippen LogP contribution is 2.58. The van der Waals surface area contributed by atoms with Crippen molar-refractivity contribution in [3.05, 3.63) is 119 Å². The lowest BCUT2D eigenvalue weighted by Crippen LogP contribution is -2.18. The van der Waals surface area contributed by atoms with Crippen LogP contribution in [0.15, 0.2) is 85.5 Å². The van der Waals surface area contributed by atoms with E-state index in [1.54, 1.807) is 0 Å². The summed E-state index contributed by atoms with van der Waals surface area (Å²) < 4.78 is 0. The average molecular weight is 529 g/mol. The number of anilines is 2. The third-order valence-electron chi connectivity index (χ3n) is 8.87. The Morgan fingerprint density at radius 2 is 0.800 bits per heavy atom. The summed E-state index contributed by atoms with van der Waals surface area (Å²) in [4.78, 5) is 4.44. The summed E-state index contributed by atoms with van der Waals surface area (Å²) in [5.74, 6) is 0. The quantitative estimate of drug-likeness (QED) is 0.314. The number of rotatable bonds is 6. The Labute approximate surface area is 242 Å². The molecule has 3 aromatic rings. The normalized spacial score (nSPS) is 16.2. The van der Waals surface area contributed by atoms with Crippen LogP contribution in [0.4, 0.5) is 11.4 Å². The first-order chi connectivity index (χ1) is 19.0. The molecule has 2 aliphatic carbocycles. The fraction of sp³-hybridized carbons (Fsp3) is 0.316. The zero-order chi connectivity index (χ0) is 29.0. The second-order valence-corrected chi connectivity index (χ2v) is 12.3. The largest absolute Gasteiger partial charge is 0.325 e. The van der Waals surface area contributed by atoms with Crippen LogP contribution in [0.1, 0.15) is 88.8 Å².